The normalized spacial score (nSPS) is 23.4. The molecule has 13 heteroatoms. The minimum Gasteiger partial charge on any atom is -0.463 e. The largest absolute Gasteiger partial charge is 0.463 e. The van der Waals surface area contributed by atoms with Crippen LogP contribution in [0.3, 0.4) is 0 Å². The summed E-state index contributed by atoms with van der Waals surface area (Å²) in [6.45, 7) is 3.90. The Labute approximate surface area is 216 Å². The van der Waals surface area contributed by atoms with E-state index >= 15 is 0 Å². The highest BCUT2D eigenvalue weighted by Gasteiger charge is 2.52. The van der Waals surface area contributed by atoms with Crippen LogP contribution in [0.4, 0.5) is 13.2 Å². The molecule has 0 saturated carbocycles. The minimum absolute atomic E-state index is 0.313. The van der Waals surface area contributed by atoms with Crippen LogP contribution < -0.4 is 0 Å². The Kier molecular flexibility index (Phi) is 10.6. The number of ether oxygens (including phenoxy) is 5. The standard InChI is InChI=1S/C25H27F3O10/c1-13(29)34-12-21-23(36-15(3)31)24(37-16(4)32)22(35-14(2)30)20(38-21)11-19(33)10-7-17-5-8-18(9-6-17)25(26,27)28/h5-10,20-24H,11-12H2,1-4H3/b10-7+/t20-,21+,22-,23+,24+/m0/s1. The molecule has 1 aromatic carbocycles. The second-order valence-electron chi connectivity index (χ2n) is 8.36. The van der Waals surface area contributed by atoms with Gasteiger partial charge in [0.1, 0.15) is 18.8 Å². The van der Waals surface area contributed by atoms with E-state index in [1.54, 1.807) is 0 Å². The summed E-state index contributed by atoms with van der Waals surface area (Å²) in [5.41, 5.74) is -0.536. The van der Waals surface area contributed by atoms with E-state index in [0.29, 0.717) is 5.56 Å². The van der Waals surface area contributed by atoms with Gasteiger partial charge in [-0.3, -0.25) is 24.0 Å². The predicted molar refractivity (Wildman–Crippen MR) is 122 cm³/mol. The zero-order valence-corrected chi connectivity index (χ0v) is 21.0. The monoisotopic (exact) mass is 544 g/mol. The fraction of sp³-hybridized carbons (Fsp3) is 0.480. The van der Waals surface area contributed by atoms with Gasteiger partial charge in [-0.25, -0.2) is 0 Å². The molecule has 0 unspecified atom stereocenters. The summed E-state index contributed by atoms with van der Waals surface area (Å²) in [6, 6.07) is 4.09. The van der Waals surface area contributed by atoms with Crippen LogP contribution in [0.5, 0.6) is 0 Å². The first-order valence-electron chi connectivity index (χ1n) is 11.4. The summed E-state index contributed by atoms with van der Waals surface area (Å²) in [5, 5.41) is 0. The van der Waals surface area contributed by atoms with Crippen molar-refractivity contribution in [3.05, 3.63) is 41.5 Å². The van der Waals surface area contributed by atoms with Gasteiger partial charge >= 0.3 is 30.1 Å². The van der Waals surface area contributed by atoms with Crippen molar-refractivity contribution in [1.29, 1.82) is 0 Å². The first-order valence-corrected chi connectivity index (χ1v) is 11.4. The van der Waals surface area contributed by atoms with Gasteiger partial charge in [0.25, 0.3) is 0 Å². The number of halogens is 3. The molecule has 1 aromatic rings. The molecule has 208 valence electrons. The van der Waals surface area contributed by atoms with E-state index in [1.165, 1.54) is 18.2 Å². The first-order chi connectivity index (χ1) is 17.7. The van der Waals surface area contributed by atoms with Gasteiger partial charge in [0.15, 0.2) is 24.1 Å². The number of hydrogen-bond acceptors (Lipinski definition) is 10. The lowest BCUT2D eigenvalue weighted by Crippen LogP contribution is -2.62. The molecule has 0 radical (unpaired) electrons. The lowest BCUT2D eigenvalue weighted by molar-refractivity contribution is -0.252. The maximum absolute atomic E-state index is 12.8. The Balaban J connectivity index is 2.33. The molecule has 0 aromatic heterocycles. The number of ketones is 1. The molecule has 0 aliphatic carbocycles. The van der Waals surface area contributed by atoms with Crippen molar-refractivity contribution in [3.8, 4) is 0 Å². The first kappa shape index (κ1) is 30.5. The molecular formula is C25H27F3O10. The summed E-state index contributed by atoms with van der Waals surface area (Å²) in [6.07, 6.45) is -9.15. The summed E-state index contributed by atoms with van der Waals surface area (Å²) in [4.78, 5) is 59.5. The third kappa shape index (κ3) is 9.29. The van der Waals surface area contributed by atoms with Crippen LogP contribution in [0.15, 0.2) is 30.3 Å². The van der Waals surface area contributed by atoms with E-state index in [-0.39, 0.29) is 0 Å². The summed E-state index contributed by atoms with van der Waals surface area (Å²) in [5.74, 6) is -3.68. The van der Waals surface area contributed by atoms with E-state index in [9.17, 15) is 37.1 Å². The molecule has 1 aliphatic rings. The number of benzene rings is 1. The lowest BCUT2D eigenvalue weighted by Gasteiger charge is -2.44. The van der Waals surface area contributed by atoms with Crippen LogP contribution in [0, 0.1) is 0 Å². The van der Waals surface area contributed by atoms with Gasteiger partial charge in [-0.05, 0) is 23.8 Å². The van der Waals surface area contributed by atoms with Crippen LogP contribution in [-0.4, -0.2) is 66.8 Å². The number of esters is 4. The molecule has 5 atom stereocenters. The Bertz CT molecular complexity index is 1060. The van der Waals surface area contributed by atoms with Crippen LogP contribution in [0.1, 0.15) is 45.2 Å². The average Bonchev–Trinajstić information content (AvgIpc) is 2.79. The second kappa shape index (κ2) is 13.2. The molecule has 0 bridgehead atoms. The number of carbonyl (C=O) groups is 5. The molecule has 0 amide bonds. The van der Waals surface area contributed by atoms with E-state index in [0.717, 1.165) is 45.9 Å². The molecule has 1 fully saturated rings. The van der Waals surface area contributed by atoms with Crippen molar-refractivity contribution < 1.29 is 60.8 Å². The van der Waals surface area contributed by atoms with E-state index in [2.05, 4.69) is 0 Å². The quantitative estimate of drug-likeness (QED) is 0.260. The van der Waals surface area contributed by atoms with Crippen molar-refractivity contribution in [3.63, 3.8) is 0 Å². The van der Waals surface area contributed by atoms with Gasteiger partial charge in [0.2, 0.25) is 0 Å². The van der Waals surface area contributed by atoms with Gasteiger partial charge in [0, 0.05) is 34.1 Å². The van der Waals surface area contributed by atoms with Crippen molar-refractivity contribution >= 4 is 35.7 Å². The highest BCUT2D eigenvalue weighted by molar-refractivity contribution is 5.94. The molecule has 0 N–H and O–H groups in total. The van der Waals surface area contributed by atoms with Gasteiger partial charge in [0.05, 0.1) is 5.56 Å². The summed E-state index contributed by atoms with van der Waals surface area (Å²) < 4.78 is 64.9. The Hall–Kier alpha value is -3.74. The van der Waals surface area contributed by atoms with Crippen LogP contribution in [-0.2, 0) is 53.8 Å². The van der Waals surface area contributed by atoms with Crippen molar-refractivity contribution in [2.75, 3.05) is 6.61 Å². The third-order valence-electron chi connectivity index (χ3n) is 5.19. The van der Waals surface area contributed by atoms with E-state index in [1.807, 2.05) is 0 Å². The van der Waals surface area contributed by atoms with E-state index in [4.69, 9.17) is 23.7 Å². The van der Waals surface area contributed by atoms with Gasteiger partial charge in [-0.1, -0.05) is 18.2 Å². The van der Waals surface area contributed by atoms with Gasteiger partial charge in [-0.15, -0.1) is 0 Å². The fourth-order valence-electron chi connectivity index (χ4n) is 3.72. The van der Waals surface area contributed by atoms with Crippen LogP contribution in [0.25, 0.3) is 6.08 Å². The topological polar surface area (TPSA) is 132 Å². The van der Waals surface area contributed by atoms with Crippen molar-refractivity contribution in [1.82, 2.24) is 0 Å². The maximum atomic E-state index is 12.8. The molecule has 1 heterocycles. The SMILES string of the molecule is CC(=O)OC[C@H]1O[C@@H](CC(=O)/C=C/c2ccc(C(F)(F)F)cc2)[C@H](OC(C)=O)[C@@H](OC(C)=O)[C@@H]1OC(C)=O. The number of allylic oxidation sites excluding steroid dienone is 1. The Morgan fingerprint density at radius 3 is 1.76 bits per heavy atom. The number of rotatable bonds is 9. The summed E-state index contributed by atoms with van der Waals surface area (Å²) in [7, 11) is 0. The third-order valence-corrected chi connectivity index (χ3v) is 5.19. The smallest absolute Gasteiger partial charge is 0.416 e. The minimum atomic E-state index is -4.51. The maximum Gasteiger partial charge on any atom is 0.416 e. The van der Waals surface area contributed by atoms with Crippen molar-refractivity contribution in [2.45, 2.75) is 70.8 Å². The van der Waals surface area contributed by atoms with E-state index < -0.39 is 84.9 Å². The Morgan fingerprint density at radius 1 is 0.789 bits per heavy atom. The average molecular weight is 544 g/mol. The zero-order chi connectivity index (χ0) is 28.6. The summed E-state index contributed by atoms with van der Waals surface area (Å²) >= 11 is 0. The van der Waals surface area contributed by atoms with Crippen molar-refractivity contribution in [2.24, 2.45) is 0 Å². The zero-order valence-electron chi connectivity index (χ0n) is 21.0. The molecule has 38 heavy (non-hydrogen) atoms. The molecule has 0 spiro atoms. The molecule has 1 aliphatic heterocycles. The highest BCUT2D eigenvalue weighted by Crippen LogP contribution is 2.31. The fourth-order valence-corrected chi connectivity index (χ4v) is 3.72. The van der Waals surface area contributed by atoms with Gasteiger partial charge in [-0.2, -0.15) is 13.2 Å². The molecule has 2 rings (SSSR count). The molecular weight excluding hydrogens is 517 g/mol. The van der Waals surface area contributed by atoms with Crippen LogP contribution >= 0.6 is 0 Å². The number of carbonyl (C=O) groups excluding carboxylic acids is 5. The molecule has 1 saturated heterocycles. The predicted octanol–water partition coefficient (Wildman–Crippen LogP) is 2.80. The highest BCUT2D eigenvalue weighted by atomic mass is 19.4. The Morgan fingerprint density at radius 2 is 1.29 bits per heavy atom. The van der Waals surface area contributed by atoms with Crippen LogP contribution in [0.2, 0.25) is 0 Å². The second-order valence-corrected chi connectivity index (χ2v) is 8.36. The molecule has 10 nitrogen and oxygen atoms in total. The number of hydrogen-bond donors (Lipinski definition) is 0. The number of alkyl halides is 3. The lowest BCUT2D eigenvalue weighted by atomic mass is 9.91. The van der Waals surface area contributed by atoms with Gasteiger partial charge < -0.3 is 23.7 Å².